The van der Waals surface area contributed by atoms with Crippen LogP contribution < -0.4 is 10.2 Å². The summed E-state index contributed by atoms with van der Waals surface area (Å²) in [7, 11) is -5.22. The van der Waals surface area contributed by atoms with Gasteiger partial charge in [0.05, 0.1) is 5.97 Å². The van der Waals surface area contributed by atoms with E-state index in [4.69, 9.17) is 0 Å². The zero-order valence-electron chi connectivity index (χ0n) is 14.0. The van der Waals surface area contributed by atoms with Crippen molar-refractivity contribution >= 4 is 45.1 Å². The number of unbranched alkanes of at least 4 members (excludes halogenated alkanes) is 3. The molecule has 23 heavy (non-hydrogen) atoms. The minimum atomic E-state index is -5.22. The van der Waals surface area contributed by atoms with E-state index >= 15 is 0 Å². The summed E-state index contributed by atoms with van der Waals surface area (Å²) >= 11 is 0. The van der Waals surface area contributed by atoms with Crippen LogP contribution in [0, 0.1) is 5.41 Å². The van der Waals surface area contributed by atoms with Gasteiger partial charge in [-0.3, -0.25) is 4.55 Å². The van der Waals surface area contributed by atoms with Crippen molar-refractivity contribution in [3.63, 3.8) is 0 Å². The summed E-state index contributed by atoms with van der Waals surface area (Å²) in [5.41, 5.74) is -2.24. The maximum Gasteiger partial charge on any atom is 2.00 e. The third-order valence-electron chi connectivity index (χ3n) is 4.52. The predicted octanol–water partition coefficient (Wildman–Crippen LogP) is -0.491. The molecule has 9 heteroatoms. The Kier molecular flexibility index (Phi) is 10.6. The van der Waals surface area contributed by atoms with Crippen LogP contribution in [0.4, 0.5) is 0 Å². The minimum Gasteiger partial charge on any atom is -0.549 e. The summed E-state index contributed by atoms with van der Waals surface area (Å²) in [6.45, 7) is 4.63. The van der Waals surface area contributed by atoms with Gasteiger partial charge in [-0.15, -0.1) is 0 Å². The van der Waals surface area contributed by atoms with Gasteiger partial charge in [0.25, 0.3) is 10.1 Å². The quantitative estimate of drug-likeness (QED) is 0.298. The first-order chi connectivity index (χ1) is 10.1. The Morgan fingerprint density at radius 1 is 0.957 bits per heavy atom. The Morgan fingerprint density at radius 2 is 1.43 bits per heavy atom. The van der Waals surface area contributed by atoms with E-state index < -0.39 is 38.6 Å². The van der Waals surface area contributed by atoms with Crippen LogP contribution in [0.1, 0.15) is 65.7 Å². The Hall–Kier alpha value is -0.384. The average molecular weight is 361 g/mol. The van der Waals surface area contributed by atoms with Crippen LogP contribution in [0.2, 0.25) is 0 Å². The zero-order chi connectivity index (χ0) is 17.6. The Balaban J connectivity index is 0. The van der Waals surface area contributed by atoms with E-state index in [9.17, 15) is 32.8 Å². The number of carbonyl (C=O) groups is 2. The Labute approximate surface area is 153 Å². The standard InChI is InChI=1S/C14H26O7S.Mg/c1-4-7-8-9-10-14(12(17)18,22(19,20)21)13(5-2,6-3)11(15)16;/h4-10H2,1-3H3,(H,15,16)(H,17,18)(H,19,20,21);/q;+2/p-2. The minimum absolute atomic E-state index is 0. The van der Waals surface area contributed by atoms with Gasteiger partial charge < -0.3 is 19.8 Å². The average Bonchev–Trinajstić information content (AvgIpc) is 2.40. The predicted molar refractivity (Wildman–Crippen MR) is 81.8 cm³/mol. The van der Waals surface area contributed by atoms with Gasteiger partial charge in [-0.2, -0.15) is 8.42 Å². The Morgan fingerprint density at radius 3 is 1.70 bits per heavy atom. The number of carbonyl (C=O) groups excluding carboxylic acids is 2. The molecule has 0 bridgehead atoms. The van der Waals surface area contributed by atoms with E-state index in [0.717, 1.165) is 12.8 Å². The van der Waals surface area contributed by atoms with Gasteiger partial charge >= 0.3 is 23.1 Å². The molecule has 0 heterocycles. The number of aliphatic carboxylic acids is 2. The molecule has 0 aliphatic rings. The summed E-state index contributed by atoms with van der Waals surface area (Å²) in [6.07, 6.45) is 1.10. The summed E-state index contributed by atoms with van der Waals surface area (Å²) in [4.78, 5) is 23.3. The molecule has 1 unspecified atom stereocenters. The molecule has 1 atom stereocenters. The third kappa shape index (κ3) is 4.58. The summed E-state index contributed by atoms with van der Waals surface area (Å²) in [5, 5.41) is 23.3. The number of carboxylic acids is 2. The van der Waals surface area contributed by atoms with Crippen molar-refractivity contribution < 1.29 is 32.8 Å². The van der Waals surface area contributed by atoms with Crippen molar-refractivity contribution in [2.75, 3.05) is 0 Å². The van der Waals surface area contributed by atoms with Crippen LogP contribution in [0.15, 0.2) is 0 Å². The maximum atomic E-state index is 11.9. The van der Waals surface area contributed by atoms with Gasteiger partial charge in [-0.25, -0.2) is 0 Å². The van der Waals surface area contributed by atoms with Gasteiger partial charge in [0.15, 0.2) is 0 Å². The smallest absolute Gasteiger partial charge is 0.549 e. The van der Waals surface area contributed by atoms with Crippen LogP contribution in [0.25, 0.3) is 0 Å². The van der Waals surface area contributed by atoms with Gasteiger partial charge in [0.1, 0.15) is 4.75 Å². The van der Waals surface area contributed by atoms with Crippen LogP contribution in [-0.4, -0.2) is 52.7 Å². The van der Waals surface area contributed by atoms with Gasteiger partial charge in [0.2, 0.25) is 0 Å². The molecular formula is C14H24MgO7S. The number of carboxylic acid groups (broad SMARTS) is 2. The second kappa shape index (κ2) is 9.80. The topological polar surface area (TPSA) is 135 Å². The van der Waals surface area contributed by atoms with Crippen molar-refractivity contribution in [1.29, 1.82) is 0 Å². The van der Waals surface area contributed by atoms with E-state index in [1.807, 2.05) is 6.92 Å². The normalized spacial score (nSPS) is 14.6. The van der Waals surface area contributed by atoms with E-state index in [1.54, 1.807) is 0 Å². The Bertz CT molecular complexity index is 499. The number of hydrogen-bond donors (Lipinski definition) is 1. The SMILES string of the molecule is CCCCCCC(C(=O)[O-])(C(CC)(CC)C(=O)[O-])S(=O)(=O)O.[Mg+2]. The van der Waals surface area contributed by atoms with Gasteiger partial charge in [-0.05, 0) is 19.3 Å². The second-order valence-corrected chi connectivity index (χ2v) is 7.12. The van der Waals surface area contributed by atoms with E-state index in [-0.39, 0.29) is 42.3 Å². The molecular weight excluding hydrogens is 337 g/mol. The van der Waals surface area contributed by atoms with Crippen molar-refractivity contribution in [3.8, 4) is 0 Å². The van der Waals surface area contributed by atoms with E-state index in [0.29, 0.717) is 6.42 Å². The largest absolute Gasteiger partial charge is 2.00 e. The molecule has 1 N–H and O–H groups in total. The fourth-order valence-corrected chi connectivity index (χ4v) is 4.57. The van der Waals surface area contributed by atoms with E-state index in [1.165, 1.54) is 13.8 Å². The number of rotatable bonds is 11. The summed E-state index contributed by atoms with van der Waals surface area (Å²) in [5.74, 6) is -3.91. The van der Waals surface area contributed by atoms with Gasteiger partial charge in [-0.1, -0.05) is 46.5 Å². The molecule has 0 saturated heterocycles. The molecule has 0 aromatic rings. The molecule has 0 radical (unpaired) electrons. The fraction of sp³-hybridized carbons (Fsp3) is 0.857. The monoisotopic (exact) mass is 360 g/mol. The number of hydrogen-bond acceptors (Lipinski definition) is 6. The first-order valence-corrected chi connectivity index (χ1v) is 8.91. The molecule has 0 aliphatic heterocycles. The molecule has 0 saturated carbocycles. The van der Waals surface area contributed by atoms with E-state index in [2.05, 4.69) is 0 Å². The molecule has 0 spiro atoms. The fourth-order valence-electron chi connectivity index (χ4n) is 3.09. The van der Waals surface area contributed by atoms with Crippen LogP contribution in [0.5, 0.6) is 0 Å². The van der Waals surface area contributed by atoms with Gasteiger partial charge in [0, 0.05) is 11.4 Å². The maximum absolute atomic E-state index is 11.9. The van der Waals surface area contributed by atoms with Crippen molar-refractivity contribution in [1.82, 2.24) is 0 Å². The third-order valence-corrected chi connectivity index (χ3v) is 6.17. The first kappa shape index (κ1) is 24.9. The van der Waals surface area contributed by atoms with Crippen LogP contribution in [-0.2, 0) is 19.7 Å². The molecule has 7 nitrogen and oxygen atoms in total. The first-order valence-electron chi connectivity index (χ1n) is 7.47. The zero-order valence-corrected chi connectivity index (χ0v) is 16.2. The molecule has 0 aliphatic carbocycles. The van der Waals surface area contributed by atoms with Crippen molar-refractivity contribution in [2.24, 2.45) is 5.41 Å². The molecule has 130 valence electrons. The van der Waals surface area contributed by atoms with Crippen LogP contribution >= 0.6 is 0 Å². The molecule has 0 aromatic carbocycles. The molecule has 0 rings (SSSR count). The molecule has 0 aromatic heterocycles. The summed E-state index contributed by atoms with van der Waals surface area (Å²) in [6, 6.07) is 0. The van der Waals surface area contributed by atoms with Crippen LogP contribution in [0.3, 0.4) is 0 Å². The molecule has 0 amide bonds. The molecule has 0 fully saturated rings. The van der Waals surface area contributed by atoms with Crippen molar-refractivity contribution in [2.45, 2.75) is 70.5 Å². The second-order valence-electron chi connectivity index (χ2n) is 5.48. The van der Waals surface area contributed by atoms with Crippen molar-refractivity contribution in [3.05, 3.63) is 0 Å². The summed E-state index contributed by atoms with van der Waals surface area (Å²) < 4.78 is 30.4.